The second kappa shape index (κ2) is 6.06. The van der Waals surface area contributed by atoms with Crippen LogP contribution >= 0.6 is 0 Å². The highest BCUT2D eigenvalue weighted by Gasteiger charge is 2.32. The Morgan fingerprint density at radius 1 is 1.30 bits per heavy atom. The van der Waals surface area contributed by atoms with E-state index < -0.39 is 0 Å². The van der Waals surface area contributed by atoms with Gasteiger partial charge in [-0.1, -0.05) is 0 Å². The lowest BCUT2D eigenvalue weighted by atomic mass is 10.2. The van der Waals surface area contributed by atoms with Crippen LogP contribution in [0.15, 0.2) is 24.3 Å². The Labute approximate surface area is 120 Å². The van der Waals surface area contributed by atoms with E-state index in [1.807, 2.05) is 0 Å². The molecule has 1 amide bonds. The molecule has 4 heteroatoms. The summed E-state index contributed by atoms with van der Waals surface area (Å²) in [5, 5.41) is 11.7. The molecule has 0 aromatic heterocycles. The van der Waals surface area contributed by atoms with Gasteiger partial charge in [-0.2, -0.15) is 5.26 Å². The van der Waals surface area contributed by atoms with E-state index in [1.165, 1.54) is 25.7 Å². The minimum Gasteiger partial charge on any atom is -0.321 e. The van der Waals surface area contributed by atoms with E-state index in [0.717, 1.165) is 10.2 Å². The summed E-state index contributed by atoms with van der Waals surface area (Å²) in [5.41, 5.74) is 1.35. The number of anilines is 1. The SMILES string of the molecule is C[N+](C)(CC(=O)Nc1ccc(C#N)cc1)C1CCCC1. The molecule has 1 aliphatic carbocycles. The van der Waals surface area contributed by atoms with E-state index in [2.05, 4.69) is 25.5 Å². The normalized spacial score (nSPS) is 15.8. The maximum absolute atomic E-state index is 12.1. The number of benzene rings is 1. The molecule has 106 valence electrons. The lowest BCUT2D eigenvalue weighted by Crippen LogP contribution is -2.51. The average Bonchev–Trinajstić information content (AvgIpc) is 2.93. The first kappa shape index (κ1) is 14.5. The van der Waals surface area contributed by atoms with Crippen LogP contribution in [0.4, 0.5) is 5.69 Å². The summed E-state index contributed by atoms with van der Waals surface area (Å²) in [6, 6.07) is 9.64. The predicted octanol–water partition coefficient (Wildman–Crippen LogP) is 2.52. The first-order valence-electron chi connectivity index (χ1n) is 7.14. The zero-order chi connectivity index (χ0) is 14.6. The summed E-state index contributed by atoms with van der Waals surface area (Å²) in [5.74, 6) is 0.0339. The molecule has 0 spiro atoms. The molecule has 0 atom stereocenters. The van der Waals surface area contributed by atoms with Crippen molar-refractivity contribution in [2.75, 3.05) is 26.0 Å². The molecule has 1 N–H and O–H groups in total. The smallest absolute Gasteiger partial charge is 0.279 e. The van der Waals surface area contributed by atoms with Crippen LogP contribution in [0.2, 0.25) is 0 Å². The van der Waals surface area contributed by atoms with Crippen LogP contribution in [0, 0.1) is 11.3 Å². The zero-order valence-corrected chi connectivity index (χ0v) is 12.2. The van der Waals surface area contributed by atoms with Gasteiger partial charge in [0, 0.05) is 5.69 Å². The van der Waals surface area contributed by atoms with Crippen molar-refractivity contribution in [2.24, 2.45) is 0 Å². The van der Waals surface area contributed by atoms with Crippen LogP contribution in [0.3, 0.4) is 0 Å². The molecule has 1 aliphatic rings. The van der Waals surface area contributed by atoms with Crippen molar-refractivity contribution in [2.45, 2.75) is 31.7 Å². The molecule has 0 unspecified atom stereocenters. The maximum Gasteiger partial charge on any atom is 0.279 e. The van der Waals surface area contributed by atoms with Crippen molar-refractivity contribution in [3.8, 4) is 6.07 Å². The first-order valence-corrected chi connectivity index (χ1v) is 7.14. The first-order chi connectivity index (χ1) is 9.51. The lowest BCUT2D eigenvalue weighted by molar-refractivity contribution is -0.906. The molecule has 1 aromatic carbocycles. The van der Waals surface area contributed by atoms with Gasteiger partial charge in [0.15, 0.2) is 6.54 Å². The van der Waals surface area contributed by atoms with Crippen LogP contribution in [0.1, 0.15) is 31.2 Å². The molecule has 0 bridgehead atoms. The second-order valence-electron chi connectivity index (χ2n) is 6.11. The van der Waals surface area contributed by atoms with E-state index in [4.69, 9.17) is 5.26 Å². The molecular formula is C16H22N3O+. The van der Waals surface area contributed by atoms with Gasteiger partial charge in [0.2, 0.25) is 0 Å². The Bertz CT molecular complexity index is 508. The third-order valence-corrected chi connectivity index (χ3v) is 4.16. The molecule has 2 rings (SSSR count). The highest BCUT2D eigenvalue weighted by Crippen LogP contribution is 2.26. The summed E-state index contributed by atoms with van der Waals surface area (Å²) in [7, 11) is 4.27. The monoisotopic (exact) mass is 272 g/mol. The molecule has 0 heterocycles. The number of nitrogens with zero attached hydrogens (tertiary/aromatic N) is 2. The molecule has 1 aromatic rings. The second-order valence-corrected chi connectivity index (χ2v) is 6.11. The fraction of sp³-hybridized carbons (Fsp3) is 0.500. The quantitative estimate of drug-likeness (QED) is 0.856. The van der Waals surface area contributed by atoms with Crippen LogP contribution in [-0.4, -0.2) is 37.1 Å². The van der Waals surface area contributed by atoms with Gasteiger partial charge in [-0.05, 0) is 49.9 Å². The Balaban J connectivity index is 1.92. The number of amides is 1. The van der Waals surface area contributed by atoms with Gasteiger partial charge >= 0.3 is 0 Å². The van der Waals surface area contributed by atoms with Crippen LogP contribution in [-0.2, 0) is 4.79 Å². The van der Waals surface area contributed by atoms with Crippen LogP contribution < -0.4 is 5.32 Å². The number of carbonyl (C=O) groups excluding carboxylic acids is 1. The van der Waals surface area contributed by atoms with Crippen LogP contribution in [0.25, 0.3) is 0 Å². The third kappa shape index (κ3) is 3.58. The van der Waals surface area contributed by atoms with Crippen molar-refractivity contribution in [3.63, 3.8) is 0 Å². The zero-order valence-electron chi connectivity index (χ0n) is 12.2. The van der Waals surface area contributed by atoms with Gasteiger partial charge in [0.05, 0.1) is 31.8 Å². The molecule has 0 radical (unpaired) electrons. The van der Waals surface area contributed by atoms with Gasteiger partial charge in [0.1, 0.15) is 0 Å². The van der Waals surface area contributed by atoms with Gasteiger partial charge < -0.3 is 9.80 Å². The average molecular weight is 272 g/mol. The van der Waals surface area contributed by atoms with Crippen molar-refractivity contribution in [3.05, 3.63) is 29.8 Å². The van der Waals surface area contributed by atoms with E-state index in [9.17, 15) is 4.79 Å². The maximum atomic E-state index is 12.1. The summed E-state index contributed by atoms with van der Waals surface area (Å²) >= 11 is 0. The summed E-state index contributed by atoms with van der Waals surface area (Å²) in [6.45, 7) is 0.491. The van der Waals surface area contributed by atoms with Crippen molar-refractivity contribution in [1.82, 2.24) is 0 Å². The largest absolute Gasteiger partial charge is 0.321 e. The highest BCUT2D eigenvalue weighted by atomic mass is 16.2. The van der Waals surface area contributed by atoms with Crippen molar-refractivity contribution >= 4 is 11.6 Å². The highest BCUT2D eigenvalue weighted by molar-refractivity contribution is 5.91. The van der Waals surface area contributed by atoms with Crippen molar-refractivity contribution < 1.29 is 9.28 Å². The Morgan fingerprint density at radius 2 is 1.90 bits per heavy atom. The van der Waals surface area contributed by atoms with Crippen LogP contribution in [0.5, 0.6) is 0 Å². The Kier molecular flexibility index (Phi) is 4.41. The molecule has 1 saturated carbocycles. The molecule has 1 fully saturated rings. The molecule has 20 heavy (non-hydrogen) atoms. The molecule has 4 nitrogen and oxygen atoms in total. The summed E-state index contributed by atoms with van der Waals surface area (Å²) < 4.78 is 0.752. The number of nitriles is 1. The minimum atomic E-state index is 0.0339. The number of rotatable bonds is 4. The fourth-order valence-corrected chi connectivity index (χ4v) is 2.93. The fourth-order valence-electron chi connectivity index (χ4n) is 2.93. The van der Waals surface area contributed by atoms with E-state index in [-0.39, 0.29) is 5.91 Å². The minimum absolute atomic E-state index is 0.0339. The topological polar surface area (TPSA) is 52.9 Å². The lowest BCUT2D eigenvalue weighted by Gasteiger charge is -2.35. The predicted molar refractivity (Wildman–Crippen MR) is 79.0 cm³/mol. The number of quaternary nitrogens is 1. The summed E-state index contributed by atoms with van der Waals surface area (Å²) in [4.78, 5) is 12.1. The molecular weight excluding hydrogens is 250 g/mol. The third-order valence-electron chi connectivity index (χ3n) is 4.16. The number of carbonyl (C=O) groups is 1. The number of hydrogen-bond donors (Lipinski definition) is 1. The number of nitrogens with one attached hydrogen (secondary N) is 1. The van der Waals surface area contributed by atoms with E-state index in [1.54, 1.807) is 24.3 Å². The van der Waals surface area contributed by atoms with Gasteiger partial charge in [0.25, 0.3) is 5.91 Å². The summed E-state index contributed by atoms with van der Waals surface area (Å²) in [6.07, 6.45) is 5.00. The van der Waals surface area contributed by atoms with E-state index in [0.29, 0.717) is 18.2 Å². The van der Waals surface area contributed by atoms with Gasteiger partial charge in [-0.3, -0.25) is 4.79 Å². The van der Waals surface area contributed by atoms with E-state index >= 15 is 0 Å². The number of hydrogen-bond acceptors (Lipinski definition) is 2. The van der Waals surface area contributed by atoms with Gasteiger partial charge in [-0.25, -0.2) is 0 Å². The Hall–Kier alpha value is -1.86. The number of likely N-dealkylation sites (N-methyl/N-ethyl adjacent to an activating group) is 1. The molecule has 0 saturated heterocycles. The Morgan fingerprint density at radius 3 is 2.45 bits per heavy atom. The standard InChI is InChI=1S/C16H21N3O/c1-19(2,15-5-3-4-6-15)12-16(20)18-14-9-7-13(11-17)8-10-14/h7-10,15H,3-6,12H2,1-2H3/p+1. The van der Waals surface area contributed by atoms with Gasteiger partial charge in [-0.15, -0.1) is 0 Å². The molecule has 0 aliphatic heterocycles. The van der Waals surface area contributed by atoms with Crippen molar-refractivity contribution in [1.29, 1.82) is 5.26 Å².